The van der Waals surface area contributed by atoms with E-state index in [1.165, 1.54) is 5.08 Å². The third-order valence-electron chi connectivity index (χ3n) is 2.68. The predicted octanol–water partition coefficient (Wildman–Crippen LogP) is 0.342. The van der Waals surface area contributed by atoms with E-state index in [-0.39, 0.29) is 18.9 Å². The van der Waals surface area contributed by atoms with Crippen LogP contribution in [-0.4, -0.2) is 8.42 Å². The maximum Gasteiger partial charge on any atom is 1.00 e. The van der Waals surface area contributed by atoms with Crippen LogP contribution in [0.25, 0.3) is 0 Å². The molecule has 0 fully saturated rings. The van der Waals surface area contributed by atoms with Crippen LogP contribution in [0.5, 0.6) is 0 Å². The number of hydrogen-bond donors (Lipinski definition) is 0. The minimum Gasteiger partial charge on any atom is -0.288 e. The Morgan fingerprint density at radius 1 is 0.700 bits per heavy atom. The average molecular weight is 298 g/mol. The number of benzene rings is 2. The summed E-state index contributed by atoms with van der Waals surface area (Å²) in [7, 11) is -2.71. The van der Waals surface area contributed by atoms with Gasteiger partial charge in [-0.25, -0.2) is 0 Å². The van der Waals surface area contributed by atoms with E-state index in [0.717, 1.165) is 11.1 Å². The van der Waals surface area contributed by atoms with Gasteiger partial charge in [0, 0.05) is 9.79 Å². The van der Waals surface area contributed by atoms with Gasteiger partial charge >= 0.3 is 18.9 Å². The van der Waals surface area contributed by atoms with Gasteiger partial charge < -0.3 is 0 Å². The topological polar surface area (TPSA) is 34.1 Å². The summed E-state index contributed by atoms with van der Waals surface area (Å²) in [4.78, 5) is 1.34. The number of hydrogen-bond acceptors (Lipinski definition) is 2. The summed E-state index contributed by atoms with van der Waals surface area (Å²) >= 11 is 0. The first kappa shape index (κ1) is 17.4. The molecule has 2 nitrogen and oxygen atoms in total. The molecular formula is C15H15LiO2S2. The molecule has 0 aromatic heterocycles. The molecule has 2 rings (SSSR count). The van der Waals surface area contributed by atoms with Crippen molar-refractivity contribution in [3.8, 4) is 0 Å². The van der Waals surface area contributed by atoms with E-state index in [1.54, 1.807) is 24.3 Å². The molecular weight excluding hydrogens is 283 g/mol. The molecule has 0 bridgehead atoms. The maximum absolute atomic E-state index is 12.1. The molecule has 2 unspecified atom stereocenters. The second kappa shape index (κ2) is 7.95. The molecule has 0 saturated heterocycles. The van der Waals surface area contributed by atoms with Gasteiger partial charge in [-0.15, -0.1) is 5.08 Å². The molecule has 2 aromatic rings. The van der Waals surface area contributed by atoms with Crippen LogP contribution < -0.4 is 18.9 Å². The van der Waals surface area contributed by atoms with E-state index in [0.29, 0.717) is 9.79 Å². The Labute approximate surface area is 137 Å². The normalized spacial score (nSPS) is 13.3. The van der Waals surface area contributed by atoms with Gasteiger partial charge in [-0.3, -0.25) is 8.42 Å². The molecule has 0 heterocycles. The Balaban J connectivity index is 0.00000200. The zero-order chi connectivity index (χ0) is 13.8. The molecule has 0 aliphatic rings. The summed E-state index contributed by atoms with van der Waals surface area (Å²) in [5.74, 6) is 0. The van der Waals surface area contributed by atoms with Gasteiger partial charge in [-0.1, -0.05) is 57.0 Å². The molecule has 5 heteroatoms. The fraction of sp³-hybridized carbons (Fsp3) is 0.133. The summed E-state index contributed by atoms with van der Waals surface area (Å²) in [6, 6.07) is 14.8. The Morgan fingerprint density at radius 2 is 1.00 bits per heavy atom. The van der Waals surface area contributed by atoms with Crippen molar-refractivity contribution in [1.82, 2.24) is 0 Å². The number of rotatable bonds is 4. The van der Waals surface area contributed by atoms with Crippen LogP contribution in [0.1, 0.15) is 11.1 Å². The fourth-order valence-corrected chi connectivity index (χ4v) is 3.87. The number of aryl methyl sites for hydroxylation is 2. The molecule has 0 amide bonds. The van der Waals surface area contributed by atoms with Crippen LogP contribution in [0, 0.1) is 18.9 Å². The van der Waals surface area contributed by atoms with Gasteiger partial charge in [0.25, 0.3) is 0 Å². The van der Waals surface area contributed by atoms with Crippen LogP contribution in [-0.2, 0) is 21.6 Å². The van der Waals surface area contributed by atoms with E-state index in [9.17, 15) is 8.42 Å². The molecule has 0 saturated carbocycles. The Hall–Kier alpha value is -0.663. The molecule has 2 aromatic carbocycles. The second-order valence-electron chi connectivity index (χ2n) is 4.32. The van der Waals surface area contributed by atoms with Crippen LogP contribution in [0.2, 0.25) is 0 Å². The molecule has 0 radical (unpaired) electrons. The molecule has 2 atom stereocenters. The predicted molar refractivity (Wildman–Crippen MR) is 79.5 cm³/mol. The van der Waals surface area contributed by atoms with E-state index in [1.807, 2.05) is 38.1 Å². The van der Waals surface area contributed by atoms with Crippen LogP contribution >= 0.6 is 0 Å². The first-order valence-corrected chi connectivity index (χ1v) is 8.28. The van der Waals surface area contributed by atoms with Crippen LogP contribution in [0.4, 0.5) is 0 Å². The molecule has 0 N–H and O–H groups in total. The minimum atomic E-state index is -1.35. The van der Waals surface area contributed by atoms with E-state index < -0.39 is 21.6 Å². The molecule has 20 heavy (non-hydrogen) atoms. The molecule has 0 spiro atoms. The third-order valence-corrected chi connectivity index (χ3v) is 5.55. The van der Waals surface area contributed by atoms with E-state index >= 15 is 0 Å². The Bertz CT molecular complexity index is 551. The van der Waals surface area contributed by atoms with Crippen molar-refractivity contribution in [2.24, 2.45) is 0 Å². The second-order valence-corrected chi connectivity index (χ2v) is 7.22. The summed E-state index contributed by atoms with van der Waals surface area (Å²) in [5.41, 5.74) is 2.22. The smallest absolute Gasteiger partial charge is 0.288 e. The van der Waals surface area contributed by atoms with E-state index in [2.05, 4.69) is 0 Å². The Kier molecular flexibility index (Phi) is 6.91. The van der Waals surface area contributed by atoms with Crippen molar-refractivity contribution in [2.75, 3.05) is 0 Å². The summed E-state index contributed by atoms with van der Waals surface area (Å²) < 4.78 is 24.1. The first-order valence-electron chi connectivity index (χ1n) is 5.86. The van der Waals surface area contributed by atoms with Gasteiger partial charge in [-0.05, 0) is 38.1 Å². The Morgan fingerprint density at radius 3 is 1.30 bits per heavy atom. The first-order chi connectivity index (χ1) is 9.06. The summed E-state index contributed by atoms with van der Waals surface area (Å²) in [6.45, 7) is 3.95. The largest absolute Gasteiger partial charge is 1.00 e. The summed E-state index contributed by atoms with van der Waals surface area (Å²) in [6.07, 6.45) is 0. The van der Waals surface area contributed by atoms with Crippen molar-refractivity contribution in [3.63, 3.8) is 0 Å². The zero-order valence-corrected chi connectivity index (χ0v) is 13.5. The summed E-state index contributed by atoms with van der Waals surface area (Å²) in [5, 5.41) is 1.37. The van der Waals surface area contributed by atoms with Gasteiger partial charge in [0.1, 0.15) is 0 Å². The van der Waals surface area contributed by atoms with Crippen molar-refractivity contribution in [1.29, 1.82) is 0 Å². The van der Waals surface area contributed by atoms with Gasteiger partial charge in [0.05, 0.1) is 0 Å². The van der Waals surface area contributed by atoms with Gasteiger partial charge in [-0.2, -0.15) is 0 Å². The maximum atomic E-state index is 12.1. The molecule has 0 aliphatic heterocycles. The average Bonchev–Trinajstić information content (AvgIpc) is 2.40. The fourth-order valence-electron chi connectivity index (χ4n) is 1.54. The third kappa shape index (κ3) is 4.71. The SMILES string of the molecule is Cc1ccc(S(=O)[CH-]S(=O)c2ccc(C)cc2)cc1.[Li+]. The van der Waals surface area contributed by atoms with Crippen molar-refractivity contribution < 1.29 is 27.3 Å². The monoisotopic (exact) mass is 298 g/mol. The minimum absolute atomic E-state index is 0. The quantitative estimate of drug-likeness (QED) is 0.603. The van der Waals surface area contributed by atoms with E-state index in [4.69, 9.17) is 0 Å². The van der Waals surface area contributed by atoms with Crippen LogP contribution in [0.3, 0.4) is 0 Å². The zero-order valence-electron chi connectivity index (χ0n) is 11.8. The van der Waals surface area contributed by atoms with Crippen molar-refractivity contribution in [3.05, 3.63) is 64.7 Å². The van der Waals surface area contributed by atoms with Crippen LogP contribution in [0.15, 0.2) is 58.3 Å². The van der Waals surface area contributed by atoms with Gasteiger partial charge in [0.2, 0.25) is 0 Å². The van der Waals surface area contributed by atoms with Gasteiger partial charge in [0.15, 0.2) is 0 Å². The van der Waals surface area contributed by atoms with Crippen molar-refractivity contribution in [2.45, 2.75) is 23.6 Å². The molecule has 100 valence electrons. The molecule has 0 aliphatic carbocycles. The van der Waals surface area contributed by atoms with Crippen molar-refractivity contribution >= 4 is 21.6 Å². The standard InChI is InChI=1S/C15H15O2S2.Li/c1-12-3-7-14(8-4-12)18(16)11-19(17)15-9-5-13(2)6-10-15;/h3-11H,1-2H3;/q-1;+1.